The van der Waals surface area contributed by atoms with Crippen LogP contribution in [0, 0.1) is 18.3 Å². The average molecular weight is 379 g/mol. The van der Waals surface area contributed by atoms with Crippen molar-refractivity contribution in [2.45, 2.75) is 33.1 Å². The smallest absolute Gasteiger partial charge is 0.101 e. The van der Waals surface area contributed by atoms with Gasteiger partial charge in [0.05, 0.1) is 11.3 Å². The summed E-state index contributed by atoms with van der Waals surface area (Å²) in [5, 5.41) is 12.0. The second-order valence-electron chi connectivity index (χ2n) is 7.78. The van der Waals surface area contributed by atoms with E-state index in [-0.39, 0.29) is 5.41 Å². The summed E-state index contributed by atoms with van der Waals surface area (Å²) in [6, 6.07) is 24.7. The van der Waals surface area contributed by atoms with Gasteiger partial charge in [0.1, 0.15) is 6.07 Å². The summed E-state index contributed by atoms with van der Waals surface area (Å²) < 4.78 is 0. The van der Waals surface area contributed by atoms with Crippen LogP contribution >= 0.6 is 0 Å². The maximum Gasteiger partial charge on any atom is 0.101 e. The van der Waals surface area contributed by atoms with Crippen LogP contribution in [0.5, 0.6) is 0 Å². The molecule has 0 saturated carbocycles. The van der Waals surface area contributed by atoms with Crippen molar-refractivity contribution in [2.24, 2.45) is 4.99 Å². The van der Waals surface area contributed by atoms with Gasteiger partial charge in [0, 0.05) is 11.6 Å². The first-order valence-corrected chi connectivity index (χ1v) is 9.80. The molecule has 0 saturated heterocycles. The molecule has 0 aliphatic heterocycles. The molecule has 29 heavy (non-hydrogen) atoms. The number of nitrogens with zero attached hydrogens (tertiary/aromatic N) is 2. The molecule has 0 aliphatic carbocycles. The molecule has 0 amide bonds. The lowest BCUT2D eigenvalue weighted by atomic mass is 9.74. The molecule has 2 heteroatoms. The van der Waals surface area contributed by atoms with Crippen molar-refractivity contribution < 1.29 is 0 Å². The lowest BCUT2D eigenvalue weighted by Gasteiger charge is -2.30. The molecule has 3 aromatic rings. The number of para-hydroxylation sites is 1. The van der Waals surface area contributed by atoms with E-state index in [1.165, 1.54) is 27.5 Å². The van der Waals surface area contributed by atoms with Crippen LogP contribution in [0.4, 0.5) is 5.69 Å². The van der Waals surface area contributed by atoms with E-state index in [9.17, 15) is 5.26 Å². The minimum Gasteiger partial charge on any atom is -0.256 e. The van der Waals surface area contributed by atoms with Crippen LogP contribution in [0.3, 0.4) is 0 Å². The van der Waals surface area contributed by atoms with Crippen molar-refractivity contribution in [3.8, 4) is 6.07 Å². The van der Waals surface area contributed by atoms with Gasteiger partial charge in [-0.05, 0) is 54.0 Å². The van der Waals surface area contributed by atoms with Crippen LogP contribution in [-0.4, -0.2) is 6.21 Å². The van der Waals surface area contributed by atoms with Crippen LogP contribution in [0.15, 0.2) is 95.0 Å². The Morgan fingerprint density at radius 2 is 1.62 bits per heavy atom. The fraction of sp³-hybridized carbons (Fsp3) is 0.185. The van der Waals surface area contributed by atoms with Gasteiger partial charge in [-0.2, -0.15) is 5.26 Å². The highest BCUT2D eigenvalue weighted by atomic mass is 14.7. The Labute approximate surface area is 173 Å². The summed E-state index contributed by atoms with van der Waals surface area (Å²) in [5.74, 6) is 0. The predicted molar refractivity (Wildman–Crippen MR) is 124 cm³/mol. The molecule has 0 unspecified atom stereocenters. The number of aliphatic imine (C=N–C) groups is 1. The largest absolute Gasteiger partial charge is 0.256 e. The molecule has 0 radical (unpaired) electrons. The van der Waals surface area contributed by atoms with Crippen molar-refractivity contribution in [2.75, 3.05) is 0 Å². The summed E-state index contributed by atoms with van der Waals surface area (Å²) in [6.07, 6.45) is 5.51. The highest BCUT2D eigenvalue weighted by Crippen LogP contribution is 2.38. The first kappa shape index (κ1) is 20.3. The van der Waals surface area contributed by atoms with Crippen LogP contribution in [0.25, 0.3) is 10.8 Å². The molecule has 0 N–H and O–H groups in total. The van der Waals surface area contributed by atoms with E-state index >= 15 is 0 Å². The molecule has 3 aromatic carbocycles. The molecule has 0 heterocycles. The molecular weight excluding hydrogens is 352 g/mol. The molecular formula is C27H26N2. The second-order valence-corrected chi connectivity index (χ2v) is 7.78. The molecule has 0 aliphatic rings. The normalized spacial score (nSPS) is 13.1. The minimum atomic E-state index is -0.168. The topological polar surface area (TPSA) is 36.1 Å². The number of allylic oxidation sites excluding steroid dienone is 4. The zero-order chi connectivity index (χ0) is 20.9. The van der Waals surface area contributed by atoms with E-state index in [0.717, 1.165) is 5.69 Å². The lowest BCUT2D eigenvalue weighted by Crippen LogP contribution is -2.20. The van der Waals surface area contributed by atoms with Gasteiger partial charge in [-0.3, -0.25) is 4.99 Å². The molecule has 144 valence electrons. The van der Waals surface area contributed by atoms with E-state index in [4.69, 9.17) is 0 Å². The fourth-order valence-corrected chi connectivity index (χ4v) is 3.60. The van der Waals surface area contributed by atoms with E-state index in [2.05, 4.69) is 75.2 Å². The van der Waals surface area contributed by atoms with Crippen LogP contribution < -0.4 is 0 Å². The van der Waals surface area contributed by atoms with Crippen LogP contribution in [0.2, 0.25) is 0 Å². The Morgan fingerprint density at radius 3 is 2.34 bits per heavy atom. The van der Waals surface area contributed by atoms with Crippen molar-refractivity contribution in [1.29, 1.82) is 5.26 Å². The summed E-state index contributed by atoms with van der Waals surface area (Å²) in [5.41, 5.74) is 4.99. The lowest BCUT2D eigenvalue weighted by molar-refractivity contribution is 0.625. The van der Waals surface area contributed by atoms with Crippen LogP contribution in [-0.2, 0) is 5.41 Å². The van der Waals surface area contributed by atoms with Gasteiger partial charge in [-0.1, -0.05) is 80.1 Å². The number of benzene rings is 3. The van der Waals surface area contributed by atoms with Gasteiger partial charge in [-0.25, -0.2) is 0 Å². The quantitative estimate of drug-likeness (QED) is 0.262. The van der Waals surface area contributed by atoms with E-state index in [1.807, 2.05) is 42.5 Å². The SMILES string of the molecule is C/C(=C/C=C(\C#N)C=Nc1ccccc1)C(C)(C)c1c(C)ccc2ccccc12. The molecule has 0 spiro atoms. The monoisotopic (exact) mass is 378 g/mol. The summed E-state index contributed by atoms with van der Waals surface area (Å²) in [7, 11) is 0. The Kier molecular flexibility index (Phi) is 6.10. The Bertz CT molecular complexity index is 1140. The first-order valence-electron chi connectivity index (χ1n) is 9.80. The maximum atomic E-state index is 9.48. The van der Waals surface area contributed by atoms with Gasteiger partial charge in [-0.15, -0.1) is 0 Å². The zero-order valence-electron chi connectivity index (χ0n) is 17.5. The van der Waals surface area contributed by atoms with E-state index in [0.29, 0.717) is 5.57 Å². The predicted octanol–water partition coefficient (Wildman–Crippen LogP) is 7.22. The van der Waals surface area contributed by atoms with Crippen molar-refractivity contribution in [3.05, 3.63) is 101 Å². The standard InChI is InChI=1S/C27H26N2/c1-20-14-17-23-10-8-9-13-25(23)26(20)27(3,4)21(2)15-16-22(18-28)19-29-24-11-6-5-7-12-24/h5-17,19H,1-4H3/b21-15-,22-16+,29-19?. The third-order valence-corrected chi connectivity index (χ3v) is 5.50. The second kappa shape index (κ2) is 8.71. The fourth-order valence-electron chi connectivity index (χ4n) is 3.60. The van der Waals surface area contributed by atoms with Crippen molar-refractivity contribution in [3.63, 3.8) is 0 Å². The van der Waals surface area contributed by atoms with Gasteiger partial charge in [0.15, 0.2) is 0 Å². The highest BCUT2D eigenvalue weighted by molar-refractivity contribution is 5.88. The van der Waals surface area contributed by atoms with Crippen molar-refractivity contribution >= 4 is 22.7 Å². The van der Waals surface area contributed by atoms with Crippen LogP contribution in [0.1, 0.15) is 31.9 Å². The average Bonchev–Trinajstić information content (AvgIpc) is 2.74. The number of aryl methyl sites for hydroxylation is 1. The van der Waals surface area contributed by atoms with E-state index in [1.54, 1.807) is 6.21 Å². The molecule has 0 fully saturated rings. The minimum absolute atomic E-state index is 0.168. The third kappa shape index (κ3) is 4.52. The summed E-state index contributed by atoms with van der Waals surface area (Å²) in [4.78, 5) is 4.39. The number of nitriles is 1. The number of fused-ring (bicyclic) bond motifs is 1. The highest BCUT2D eigenvalue weighted by Gasteiger charge is 2.26. The molecule has 2 nitrogen and oxygen atoms in total. The van der Waals surface area contributed by atoms with Gasteiger partial charge in [0.2, 0.25) is 0 Å². The van der Waals surface area contributed by atoms with Gasteiger partial charge < -0.3 is 0 Å². The Balaban J connectivity index is 1.96. The maximum absolute atomic E-state index is 9.48. The molecule has 0 bridgehead atoms. The van der Waals surface area contributed by atoms with Gasteiger partial charge in [0.25, 0.3) is 0 Å². The molecule has 0 aromatic heterocycles. The first-order chi connectivity index (χ1) is 13.9. The van der Waals surface area contributed by atoms with Gasteiger partial charge >= 0.3 is 0 Å². The Morgan fingerprint density at radius 1 is 0.931 bits per heavy atom. The summed E-state index contributed by atoms with van der Waals surface area (Å²) >= 11 is 0. The zero-order valence-corrected chi connectivity index (χ0v) is 17.5. The Hall–Kier alpha value is -3.44. The number of rotatable bonds is 5. The molecule has 3 rings (SSSR count). The number of hydrogen-bond acceptors (Lipinski definition) is 2. The number of hydrogen-bond donors (Lipinski definition) is 0. The third-order valence-electron chi connectivity index (χ3n) is 5.50. The summed E-state index contributed by atoms with van der Waals surface area (Å²) in [6.45, 7) is 8.78. The van der Waals surface area contributed by atoms with Crippen molar-refractivity contribution in [1.82, 2.24) is 0 Å². The molecule has 0 atom stereocenters. The van der Waals surface area contributed by atoms with E-state index < -0.39 is 0 Å².